The maximum atomic E-state index is 11.2. The highest BCUT2D eigenvalue weighted by atomic mass is 32.2. The van der Waals surface area contributed by atoms with Gasteiger partial charge in [-0.25, -0.2) is 4.98 Å². The fraction of sp³-hybridized carbons (Fsp3) is 0.143. The number of aromatic nitrogens is 1. The number of benzene rings is 2. The molecule has 178 valence electrons. The molecule has 8 N–H and O–H groups in total. The zero-order chi connectivity index (χ0) is 25.4. The van der Waals surface area contributed by atoms with Crippen LogP contribution < -0.4 is 9.62 Å². The number of nitrogens with one attached hydrogen (secondary N) is 1. The molecule has 0 atom stereocenters. The minimum absolute atomic E-state index is 0.0443. The Morgan fingerprint density at radius 1 is 1.06 bits per heavy atom. The van der Waals surface area contributed by atoms with Crippen LogP contribution in [0.3, 0.4) is 0 Å². The van der Waals surface area contributed by atoms with Crippen molar-refractivity contribution in [1.29, 1.82) is 5.26 Å². The largest absolute Gasteiger partial charge is 0.504 e. The lowest BCUT2D eigenvalue weighted by molar-refractivity contribution is -0.164. The smallest absolute Gasteiger partial charge is 0.289 e. The molecule has 0 aliphatic rings. The fourth-order valence-electron chi connectivity index (χ4n) is 3.15. The first-order valence-corrected chi connectivity index (χ1v) is 11.4. The van der Waals surface area contributed by atoms with E-state index in [-0.39, 0.29) is 16.4 Å². The van der Waals surface area contributed by atoms with Crippen molar-refractivity contribution >= 4 is 39.8 Å². The quantitative estimate of drug-likeness (QED) is 0.102. The summed E-state index contributed by atoms with van der Waals surface area (Å²) in [4.78, 5) is 5.83. The predicted octanol–water partition coefficient (Wildman–Crippen LogP) is 2.62. The van der Waals surface area contributed by atoms with Crippen molar-refractivity contribution in [1.82, 2.24) is 9.71 Å². The van der Waals surface area contributed by atoms with Gasteiger partial charge in [-0.2, -0.15) is 5.26 Å². The van der Waals surface area contributed by atoms with Gasteiger partial charge >= 0.3 is 0 Å². The molecule has 34 heavy (non-hydrogen) atoms. The topological polar surface area (TPSA) is 194 Å². The molecular formula is C21H20N4O7S2. The molecule has 0 aliphatic heterocycles. The third kappa shape index (κ3) is 4.11. The molecule has 0 saturated heterocycles. The lowest BCUT2D eigenvalue weighted by Gasteiger charge is -2.36. The van der Waals surface area contributed by atoms with Crippen molar-refractivity contribution in [2.45, 2.75) is 12.8 Å². The molecule has 0 fully saturated rings. The van der Waals surface area contributed by atoms with E-state index in [1.54, 1.807) is 13.2 Å². The van der Waals surface area contributed by atoms with Crippen molar-refractivity contribution in [2.24, 2.45) is 0 Å². The number of rotatable bonds is 7. The number of nitriles is 1. The number of aliphatic hydroxyl groups is 2. The van der Waals surface area contributed by atoms with E-state index in [1.807, 2.05) is 6.07 Å². The van der Waals surface area contributed by atoms with Gasteiger partial charge in [0.25, 0.3) is 5.91 Å². The Bertz CT molecular complexity index is 1270. The molecule has 11 nitrogen and oxygen atoms in total. The molecule has 3 rings (SSSR count). The van der Waals surface area contributed by atoms with E-state index < -0.39 is 40.2 Å². The number of anilines is 2. The van der Waals surface area contributed by atoms with Crippen molar-refractivity contribution in [3.8, 4) is 34.8 Å². The van der Waals surface area contributed by atoms with Gasteiger partial charge in [0.15, 0.2) is 16.6 Å². The first-order chi connectivity index (χ1) is 15.9. The Morgan fingerprint density at radius 3 is 2.09 bits per heavy atom. The van der Waals surface area contributed by atoms with Gasteiger partial charge in [0, 0.05) is 16.8 Å². The van der Waals surface area contributed by atoms with Gasteiger partial charge in [0.2, 0.25) is 17.2 Å². The lowest BCUT2D eigenvalue weighted by atomic mass is 10.0. The summed E-state index contributed by atoms with van der Waals surface area (Å²) in [7, 11) is 0. The van der Waals surface area contributed by atoms with Gasteiger partial charge in [0.05, 0.1) is 17.3 Å². The number of nitrogens with zero attached hydrogens (tertiary/aromatic N) is 3. The molecule has 0 saturated carbocycles. The van der Waals surface area contributed by atoms with E-state index in [2.05, 4.69) is 16.3 Å². The first-order valence-electron chi connectivity index (χ1n) is 9.35. The Kier molecular flexibility index (Phi) is 6.71. The molecule has 1 aromatic heterocycles. The van der Waals surface area contributed by atoms with Crippen LogP contribution in [0.2, 0.25) is 0 Å². The van der Waals surface area contributed by atoms with Crippen LogP contribution in [0.1, 0.15) is 21.7 Å². The second-order valence-corrected chi connectivity index (χ2v) is 8.73. The van der Waals surface area contributed by atoms with Crippen molar-refractivity contribution in [2.75, 3.05) is 11.2 Å². The number of hydrogen-bond acceptors (Lipinski definition) is 13. The van der Waals surface area contributed by atoms with Crippen LogP contribution in [0.25, 0.3) is 5.70 Å². The summed E-state index contributed by atoms with van der Waals surface area (Å²) < 4.78 is 2.93. The van der Waals surface area contributed by atoms with Crippen LogP contribution in [-0.4, -0.2) is 47.0 Å². The summed E-state index contributed by atoms with van der Waals surface area (Å²) in [5.74, 6) is -9.75. The van der Waals surface area contributed by atoms with Crippen molar-refractivity contribution < 1.29 is 35.7 Å². The summed E-state index contributed by atoms with van der Waals surface area (Å²) in [6.45, 7) is 5.60. The van der Waals surface area contributed by atoms with Crippen LogP contribution in [0.15, 0.2) is 30.8 Å². The molecule has 0 aliphatic carbocycles. The van der Waals surface area contributed by atoms with E-state index in [9.17, 15) is 35.7 Å². The van der Waals surface area contributed by atoms with Gasteiger partial charge in [-0.15, -0.1) is 11.3 Å². The Balaban J connectivity index is 2.30. The van der Waals surface area contributed by atoms with Crippen molar-refractivity contribution in [3.05, 3.63) is 52.5 Å². The maximum absolute atomic E-state index is 11.2. The van der Waals surface area contributed by atoms with Gasteiger partial charge in [0.1, 0.15) is 11.3 Å². The molecule has 0 unspecified atom stereocenters. The number of thiazole rings is 1. The molecule has 0 radical (unpaired) electrons. The average molecular weight is 505 g/mol. The van der Waals surface area contributed by atoms with Gasteiger partial charge in [-0.3, -0.25) is 4.90 Å². The summed E-state index contributed by atoms with van der Waals surface area (Å²) in [6.07, 6.45) is 1.78. The highest BCUT2D eigenvalue weighted by molar-refractivity contribution is 7.97. The van der Waals surface area contributed by atoms with E-state index in [4.69, 9.17) is 5.26 Å². The molecule has 1 heterocycles. The van der Waals surface area contributed by atoms with Gasteiger partial charge in [-0.05, 0) is 31.2 Å². The normalized spacial score (nSPS) is 11.1. The summed E-state index contributed by atoms with van der Waals surface area (Å²) in [5.41, 5.74) is 0.0242. The van der Waals surface area contributed by atoms with E-state index in [1.165, 1.54) is 36.2 Å². The van der Waals surface area contributed by atoms with Gasteiger partial charge < -0.3 is 40.5 Å². The van der Waals surface area contributed by atoms with E-state index in [0.29, 0.717) is 16.3 Å². The van der Waals surface area contributed by atoms with E-state index in [0.717, 1.165) is 16.2 Å². The molecule has 3 aromatic rings. The summed E-state index contributed by atoms with van der Waals surface area (Å²) in [5, 5.41) is 81.8. The maximum Gasteiger partial charge on any atom is 0.289 e. The SMILES string of the molecule is C=C(NSC)c1nc(N(c2ccc(C#N)cc2)C(O)(O)c2c(O)c(O)c(O)c(O)c2O)sc1C. The van der Waals surface area contributed by atoms with Crippen LogP contribution >= 0.6 is 23.3 Å². The summed E-state index contributed by atoms with van der Waals surface area (Å²) in [6, 6.07) is 7.43. The van der Waals surface area contributed by atoms with Crippen LogP contribution in [0.5, 0.6) is 28.7 Å². The monoisotopic (exact) mass is 504 g/mol. The number of aryl methyl sites for hydroxylation is 1. The first kappa shape index (κ1) is 24.8. The molecule has 2 aromatic carbocycles. The number of phenolic OH excluding ortho intramolecular Hbond substituents is 5. The third-order valence-corrected chi connectivity index (χ3v) is 6.17. The highest BCUT2D eigenvalue weighted by Crippen LogP contribution is 2.55. The zero-order valence-corrected chi connectivity index (χ0v) is 19.4. The molecule has 0 spiro atoms. The third-order valence-electron chi connectivity index (χ3n) is 4.76. The highest BCUT2D eigenvalue weighted by Gasteiger charge is 2.45. The predicted molar refractivity (Wildman–Crippen MR) is 127 cm³/mol. The van der Waals surface area contributed by atoms with Crippen LogP contribution in [0.4, 0.5) is 10.8 Å². The second kappa shape index (κ2) is 9.20. The Hall–Kier alpha value is -3.83. The number of phenols is 5. The number of aromatic hydroxyl groups is 5. The van der Waals surface area contributed by atoms with E-state index >= 15 is 0 Å². The van der Waals surface area contributed by atoms with Crippen molar-refractivity contribution in [3.63, 3.8) is 0 Å². The summed E-state index contributed by atoms with van der Waals surface area (Å²) >= 11 is 2.28. The average Bonchev–Trinajstić information content (AvgIpc) is 3.17. The lowest BCUT2D eigenvalue weighted by Crippen LogP contribution is -2.43. The Labute approximate surface area is 201 Å². The number of hydrogen-bond donors (Lipinski definition) is 8. The molecule has 0 bridgehead atoms. The van der Waals surface area contributed by atoms with Crippen LogP contribution in [0, 0.1) is 18.3 Å². The molecule has 0 amide bonds. The molecule has 13 heteroatoms. The molecular weight excluding hydrogens is 484 g/mol. The minimum atomic E-state index is -3.33. The second-order valence-electron chi connectivity index (χ2n) is 6.93. The standard InChI is InChI=1S/C21H20N4O7S2/c1-9(24-33-3)14-10(2)34-20(23-14)25(12-6-4-11(8-22)5-7-12)21(31,32)13-15(26)17(28)19(30)18(29)16(13)27/h4-7,24,26-32H,1H2,2-3H3. The Morgan fingerprint density at radius 2 is 1.59 bits per heavy atom. The zero-order valence-electron chi connectivity index (χ0n) is 17.8. The minimum Gasteiger partial charge on any atom is -0.504 e. The fourth-order valence-corrected chi connectivity index (χ4v) is 4.50. The van der Waals surface area contributed by atoms with Crippen LogP contribution in [-0.2, 0) is 5.91 Å². The van der Waals surface area contributed by atoms with Gasteiger partial charge in [-0.1, -0.05) is 18.5 Å².